The van der Waals surface area contributed by atoms with Crippen LogP contribution in [0.25, 0.3) is 0 Å². The number of aromatic carboxylic acids is 1. The van der Waals surface area contributed by atoms with Gasteiger partial charge in [-0.1, -0.05) is 11.3 Å². The second-order valence-electron chi connectivity index (χ2n) is 2.97. The molecule has 0 aromatic carbocycles. The Kier molecular flexibility index (Phi) is 4.71. The van der Waals surface area contributed by atoms with Crippen molar-refractivity contribution in [2.45, 2.75) is 13.3 Å². The van der Waals surface area contributed by atoms with Gasteiger partial charge in [-0.3, -0.25) is 4.79 Å². The van der Waals surface area contributed by atoms with Crippen molar-refractivity contribution in [2.75, 3.05) is 18.4 Å². The highest BCUT2D eigenvalue weighted by atomic mass is 32.1. The van der Waals surface area contributed by atoms with Crippen molar-refractivity contribution in [3.05, 3.63) is 11.1 Å². The Balaban J connectivity index is 2.32. The molecule has 0 aliphatic carbocycles. The van der Waals surface area contributed by atoms with Gasteiger partial charge in [-0.2, -0.15) is 0 Å². The number of carbonyl (C=O) groups excluding carboxylic acids is 1. The molecule has 0 unspecified atom stereocenters. The Morgan fingerprint density at radius 3 is 2.88 bits per heavy atom. The van der Waals surface area contributed by atoms with Crippen molar-refractivity contribution < 1.29 is 14.7 Å². The van der Waals surface area contributed by atoms with Gasteiger partial charge in [-0.05, 0) is 6.92 Å². The van der Waals surface area contributed by atoms with Crippen LogP contribution in [0, 0.1) is 0 Å². The van der Waals surface area contributed by atoms with Crippen LogP contribution in [0.2, 0.25) is 0 Å². The average Bonchev–Trinajstić information content (AvgIpc) is 2.67. The van der Waals surface area contributed by atoms with Gasteiger partial charge in [0, 0.05) is 19.5 Å². The summed E-state index contributed by atoms with van der Waals surface area (Å²) in [5, 5.41) is 14.7. The standard InChI is InChI=1S/C9H13N3O3S/c1-2-10-7(13)3-4-11-9-12-5-6(16-9)8(14)15/h5H,2-4H2,1H3,(H,10,13)(H,11,12)(H,14,15). The maximum atomic E-state index is 11.1. The number of aromatic nitrogens is 1. The van der Waals surface area contributed by atoms with Gasteiger partial charge in [-0.25, -0.2) is 9.78 Å². The lowest BCUT2D eigenvalue weighted by molar-refractivity contribution is -0.120. The Morgan fingerprint density at radius 2 is 2.31 bits per heavy atom. The molecule has 6 nitrogen and oxygen atoms in total. The first-order valence-corrected chi connectivity index (χ1v) is 5.64. The molecular weight excluding hydrogens is 230 g/mol. The van der Waals surface area contributed by atoms with Gasteiger partial charge in [0.1, 0.15) is 4.88 Å². The number of carboxylic acid groups (broad SMARTS) is 1. The molecule has 16 heavy (non-hydrogen) atoms. The van der Waals surface area contributed by atoms with Crippen LogP contribution in [-0.2, 0) is 4.79 Å². The third-order valence-corrected chi connectivity index (χ3v) is 2.66. The monoisotopic (exact) mass is 243 g/mol. The lowest BCUT2D eigenvalue weighted by Gasteiger charge is -2.02. The number of thiazole rings is 1. The van der Waals surface area contributed by atoms with E-state index in [1.165, 1.54) is 6.20 Å². The molecule has 0 fully saturated rings. The molecule has 1 amide bonds. The van der Waals surface area contributed by atoms with Crippen LogP contribution in [0.5, 0.6) is 0 Å². The molecule has 0 saturated heterocycles. The summed E-state index contributed by atoms with van der Waals surface area (Å²) < 4.78 is 0. The topological polar surface area (TPSA) is 91.3 Å². The van der Waals surface area contributed by atoms with Crippen molar-refractivity contribution in [1.29, 1.82) is 0 Å². The molecule has 0 atom stereocenters. The molecule has 1 rings (SSSR count). The first kappa shape index (κ1) is 12.4. The Morgan fingerprint density at radius 1 is 1.56 bits per heavy atom. The number of carboxylic acids is 1. The highest BCUT2D eigenvalue weighted by Gasteiger charge is 2.08. The highest BCUT2D eigenvalue weighted by molar-refractivity contribution is 7.17. The Labute approximate surface area is 96.7 Å². The van der Waals surface area contributed by atoms with Crippen molar-refractivity contribution in [3.63, 3.8) is 0 Å². The van der Waals surface area contributed by atoms with Gasteiger partial charge >= 0.3 is 5.97 Å². The van der Waals surface area contributed by atoms with Crippen LogP contribution in [0.4, 0.5) is 5.13 Å². The summed E-state index contributed by atoms with van der Waals surface area (Å²) in [5.74, 6) is -1.03. The maximum Gasteiger partial charge on any atom is 0.347 e. The van der Waals surface area contributed by atoms with Crippen LogP contribution >= 0.6 is 11.3 Å². The number of anilines is 1. The fourth-order valence-electron chi connectivity index (χ4n) is 1.02. The first-order chi connectivity index (χ1) is 7.63. The predicted molar refractivity (Wildman–Crippen MR) is 60.9 cm³/mol. The second-order valence-corrected chi connectivity index (χ2v) is 4.00. The van der Waals surface area contributed by atoms with E-state index >= 15 is 0 Å². The Hall–Kier alpha value is -1.63. The normalized spacial score (nSPS) is 9.81. The predicted octanol–water partition coefficient (Wildman–Crippen LogP) is 0.779. The number of nitrogens with one attached hydrogen (secondary N) is 2. The van der Waals surface area contributed by atoms with Crippen LogP contribution in [-0.4, -0.2) is 35.1 Å². The zero-order valence-electron chi connectivity index (χ0n) is 8.82. The maximum absolute atomic E-state index is 11.1. The van der Waals surface area contributed by atoms with Gasteiger partial charge in [0.25, 0.3) is 0 Å². The van der Waals surface area contributed by atoms with E-state index in [0.29, 0.717) is 24.6 Å². The van der Waals surface area contributed by atoms with Gasteiger partial charge in [0.05, 0.1) is 6.20 Å². The quantitative estimate of drug-likeness (QED) is 0.686. The SMILES string of the molecule is CCNC(=O)CCNc1ncc(C(=O)O)s1. The number of hydrogen-bond donors (Lipinski definition) is 3. The van der Waals surface area contributed by atoms with E-state index in [-0.39, 0.29) is 10.8 Å². The minimum Gasteiger partial charge on any atom is -0.477 e. The smallest absolute Gasteiger partial charge is 0.347 e. The highest BCUT2D eigenvalue weighted by Crippen LogP contribution is 2.17. The molecule has 1 aromatic rings. The number of hydrogen-bond acceptors (Lipinski definition) is 5. The zero-order valence-corrected chi connectivity index (χ0v) is 9.63. The van der Waals surface area contributed by atoms with Crippen LogP contribution in [0.1, 0.15) is 23.0 Å². The van der Waals surface area contributed by atoms with Gasteiger partial charge in [0.2, 0.25) is 5.91 Å². The van der Waals surface area contributed by atoms with E-state index in [1.54, 1.807) is 0 Å². The molecule has 88 valence electrons. The van der Waals surface area contributed by atoms with Crippen molar-refractivity contribution in [1.82, 2.24) is 10.3 Å². The number of rotatable bonds is 6. The van der Waals surface area contributed by atoms with E-state index in [0.717, 1.165) is 11.3 Å². The van der Waals surface area contributed by atoms with E-state index in [2.05, 4.69) is 15.6 Å². The summed E-state index contributed by atoms with van der Waals surface area (Å²) >= 11 is 1.05. The van der Waals surface area contributed by atoms with E-state index in [1.807, 2.05) is 6.92 Å². The fraction of sp³-hybridized carbons (Fsp3) is 0.444. The largest absolute Gasteiger partial charge is 0.477 e. The minimum absolute atomic E-state index is 0.0370. The molecule has 0 spiro atoms. The lowest BCUT2D eigenvalue weighted by Crippen LogP contribution is -2.24. The summed E-state index contributed by atoms with van der Waals surface area (Å²) in [7, 11) is 0. The fourth-order valence-corrected chi connectivity index (χ4v) is 1.70. The third-order valence-electron chi connectivity index (χ3n) is 1.72. The number of nitrogens with zero attached hydrogens (tertiary/aromatic N) is 1. The first-order valence-electron chi connectivity index (χ1n) is 4.83. The van der Waals surface area contributed by atoms with Gasteiger partial charge < -0.3 is 15.7 Å². The number of carbonyl (C=O) groups is 2. The average molecular weight is 243 g/mol. The van der Waals surface area contributed by atoms with Gasteiger partial charge in [-0.15, -0.1) is 0 Å². The van der Waals surface area contributed by atoms with Crippen molar-refractivity contribution in [2.24, 2.45) is 0 Å². The van der Waals surface area contributed by atoms with E-state index < -0.39 is 5.97 Å². The van der Waals surface area contributed by atoms with Crippen LogP contribution < -0.4 is 10.6 Å². The summed E-state index contributed by atoms with van der Waals surface area (Å²) in [4.78, 5) is 25.7. The van der Waals surface area contributed by atoms with Crippen LogP contribution in [0.15, 0.2) is 6.20 Å². The van der Waals surface area contributed by atoms with Gasteiger partial charge in [0.15, 0.2) is 5.13 Å². The second kappa shape index (κ2) is 6.06. The van der Waals surface area contributed by atoms with Crippen molar-refractivity contribution in [3.8, 4) is 0 Å². The van der Waals surface area contributed by atoms with E-state index in [9.17, 15) is 9.59 Å². The zero-order chi connectivity index (χ0) is 12.0. The molecule has 1 heterocycles. The summed E-state index contributed by atoms with van der Waals surface area (Å²) in [6, 6.07) is 0. The summed E-state index contributed by atoms with van der Waals surface area (Å²) in [6.07, 6.45) is 1.64. The third kappa shape index (κ3) is 3.85. The summed E-state index contributed by atoms with van der Waals surface area (Å²) in [6.45, 7) is 2.91. The Bertz CT molecular complexity index is 378. The van der Waals surface area contributed by atoms with Crippen LogP contribution in [0.3, 0.4) is 0 Å². The molecule has 0 radical (unpaired) electrons. The number of amides is 1. The molecule has 0 bridgehead atoms. The lowest BCUT2D eigenvalue weighted by atomic mass is 10.4. The molecule has 0 saturated carbocycles. The van der Waals surface area contributed by atoms with E-state index in [4.69, 9.17) is 5.11 Å². The molecular formula is C9H13N3O3S. The molecule has 0 aliphatic heterocycles. The molecule has 1 aromatic heterocycles. The molecule has 7 heteroatoms. The minimum atomic E-state index is -0.991. The van der Waals surface area contributed by atoms with Crippen molar-refractivity contribution >= 4 is 28.3 Å². The molecule has 0 aliphatic rings. The summed E-state index contributed by atoms with van der Waals surface area (Å²) in [5.41, 5.74) is 0. The molecule has 3 N–H and O–H groups in total.